The van der Waals surface area contributed by atoms with Crippen molar-refractivity contribution in [1.82, 2.24) is 14.8 Å². The van der Waals surface area contributed by atoms with Gasteiger partial charge in [0.05, 0.1) is 0 Å². The second-order valence-electron chi connectivity index (χ2n) is 5.95. The molecule has 4 nitrogen and oxygen atoms in total. The highest BCUT2D eigenvalue weighted by Crippen LogP contribution is 2.24. The van der Waals surface area contributed by atoms with Crippen LogP contribution in [-0.4, -0.2) is 46.9 Å². The zero-order valence-corrected chi connectivity index (χ0v) is 14.6. The lowest BCUT2D eigenvalue weighted by Gasteiger charge is -2.38. The zero-order chi connectivity index (χ0) is 16.2. The Morgan fingerprint density at radius 1 is 1.30 bits per heavy atom. The molecule has 0 saturated carbocycles. The predicted molar refractivity (Wildman–Crippen MR) is 93.8 cm³/mol. The molecular formula is C18H23N3OS. The van der Waals surface area contributed by atoms with E-state index in [1.165, 1.54) is 5.56 Å². The highest BCUT2D eigenvalue weighted by atomic mass is 32.1. The minimum Gasteiger partial charge on any atom is -0.336 e. The van der Waals surface area contributed by atoms with Crippen LogP contribution in [0.15, 0.2) is 35.3 Å². The minimum atomic E-state index is 0.145. The topological polar surface area (TPSA) is 36.4 Å². The molecule has 1 fully saturated rings. The zero-order valence-electron chi connectivity index (χ0n) is 13.7. The van der Waals surface area contributed by atoms with Crippen LogP contribution in [0.25, 0.3) is 0 Å². The van der Waals surface area contributed by atoms with Crippen LogP contribution >= 0.6 is 11.3 Å². The third kappa shape index (κ3) is 3.46. The standard InChI is InChI=1S/C18H23N3OS/c1-3-15-12-19-6-4-17(15)18(22)21-9-7-20(8-10-21)14(2)16-5-11-23-13-16/h4-6,11-14H,3,7-10H2,1-2H3/t14-/m1/s1. The van der Waals surface area contributed by atoms with Gasteiger partial charge in [0.2, 0.25) is 0 Å². The summed E-state index contributed by atoms with van der Waals surface area (Å²) >= 11 is 1.74. The first kappa shape index (κ1) is 16.1. The number of carbonyl (C=O) groups excluding carboxylic acids is 1. The second kappa shape index (κ2) is 7.23. The fourth-order valence-corrected chi connectivity index (χ4v) is 3.87. The van der Waals surface area contributed by atoms with Gasteiger partial charge in [-0.2, -0.15) is 11.3 Å². The molecule has 0 aromatic carbocycles. The molecule has 122 valence electrons. The summed E-state index contributed by atoms with van der Waals surface area (Å²) in [4.78, 5) is 21.3. The molecule has 3 rings (SSSR count). The van der Waals surface area contributed by atoms with Crippen molar-refractivity contribution in [1.29, 1.82) is 0 Å². The molecule has 1 amide bonds. The fraction of sp³-hybridized carbons (Fsp3) is 0.444. The van der Waals surface area contributed by atoms with Gasteiger partial charge in [-0.1, -0.05) is 6.92 Å². The Labute approximate surface area is 141 Å². The van der Waals surface area contributed by atoms with Gasteiger partial charge in [-0.15, -0.1) is 0 Å². The first-order valence-electron chi connectivity index (χ1n) is 8.19. The van der Waals surface area contributed by atoms with Gasteiger partial charge in [0.25, 0.3) is 5.91 Å². The maximum Gasteiger partial charge on any atom is 0.254 e. The average Bonchev–Trinajstić information content (AvgIpc) is 3.15. The number of pyridine rings is 1. The molecule has 0 aliphatic carbocycles. The predicted octanol–water partition coefficient (Wildman–Crippen LogP) is 3.22. The SMILES string of the molecule is CCc1cnccc1C(=O)N1CCN([C@H](C)c2ccsc2)CC1. The lowest BCUT2D eigenvalue weighted by atomic mass is 10.1. The highest BCUT2D eigenvalue weighted by Gasteiger charge is 2.26. The summed E-state index contributed by atoms with van der Waals surface area (Å²) in [6.07, 6.45) is 4.35. The van der Waals surface area contributed by atoms with Crippen molar-refractivity contribution in [3.05, 3.63) is 52.0 Å². The lowest BCUT2D eigenvalue weighted by Crippen LogP contribution is -2.49. The second-order valence-corrected chi connectivity index (χ2v) is 6.73. The molecule has 1 atom stereocenters. The van der Waals surface area contributed by atoms with E-state index in [2.05, 4.69) is 40.6 Å². The number of carbonyl (C=O) groups is 1. The number of aromatic nitrogens is 1. The normalized spacial score (nSPS) is 17.2. The van der Waals surface area contributed by atoms with Crippen molar-refractivity contribution in [2.75, 3.05) is 26.2 Å². The van der Waals surface area contributed by atoms with Crippen LogP contribution < -0.4 is 0 Å². The molecule has 3 heterocycles. The summed E-state index contributed by atoms with van der Waals surface area (Å²) in [5.74, 6) is 0.145. The molecule has 0 radical (unpaired) electrons. The Kier molecular flexibility index (Phi) is 5.08. The van der Waals surface area contributed by atoms with Crippen LogP contribution in [0.4, 0.5) is 0 Å². The van der Waals surface area contributed by atoms with E-state index >= 15 is 0 Å². The number of nitrogens with zero attached hydrogens (tertiary/aromatic N) is 3. The van der Waals surface area contributed by atoms with Crippen LogP contribution in [0.5, 0.6) is 0 Å². The number of hydrogen-bond acceptors (Lipinski definition) is 4. The van der Waals surface area contributed by atoms with Gasteiger partial charge in [-0.3, -0.25) is 14.7 Å². The molecular weight excluding hydrogens is 306 g/mol. The van der Waals surface area contributed by atoms with Crippen LogP contribution in [0.2, 0.25) is 0 Å². The van der Waals surface area contributed by atoms with Gasteiger partial charge in [0.1, 0.15) is 0 Å². The molecule has 23 heavy (non-hydrogen) atoms. The average molecular weight is 329 g/mol. The number of piperazine rings is 1. The number of amides is 1. The summed E-state index contributed by atoms with van der Waals surface area (Å²) in [6.45, 7) is 7.74. The van der Waals surface area contributed by atoms with Crippen LogP contribution in [0, 0.1) is 0 Å². The van der Waals surface area contributed by atoms with Crippen molar-refractivity contribution in [2.45, 2.75) is 26.3 Å². The molecule has 0 N–H and O–H groups in total. The molecule has 1 aliphatic heterocycles. The molecule has 2 aromatic heterocycles. The van der Waals surface area contributed by atoms with Crippen molar-refractivity contribution in [2.24, 2.45) is 0 Å². The van der Waals surface area contributed by atoms with Crippen molar-refractivity contribution < 1.29 is 4.79 Å². The van der Waals surface area contributed by atoms with Crippen molar-refractivity contribution >= 4 is 17.2 Å². The molecule has 2 aromatic rings. The third-order valence-corrected chi connectivity index (χ3v) is 5.39. The number of thiophene rings is 1. The molecule has 1 saturated heterocycles. The van der Waals surface area contributed by atoms with Gasteiger partial charge >= 0.3 is 0 Å². The molecule has 5 heteroatoms. The third-order valence-electron chi connectivity index (χ3n) is 4.69. The van der Waals surface area contributed by atoms with E-state index < -0.39 is 0 Å². The minimum absolute atomic E-state index is 0.145. The van der Waals surface area contributed by atoms with E-state index in [1.54, 1.807) is 17.5 Å². The summed E-state index contributed by atoms with van der Waals surface area (Å²) in [5.41, 5.74) is 3.21. The quantitative estimate of drug-likeness (QED) is 0.864. The Bertz CT molecular complexity index is 648. The highest BCUT2D eigenvalue weighted by molar-refractivity contribution is 7.07. The van der Waals surface area contributed by atoms with Crippen LogP contribution in [0.1, 0.15) is 41.4 Å². The molecule has 0 bridgehead atoms. The molecule has 1 aliphatic rings. The lowest BCUT2D eigenvalue weighted by molar-refractivity contribution is 0.0581. The van der Waals surface area contributed by atoms with E-state index in [-0.39, 0.29) is 5.91 Å². The number of aryl methyl sites for hydroxylation is 1. The fourth-order valence-electron chi connectivity index (χ4n) is 3.12. The van der Waals surface area contributed by atoms with E-state index in [4.69, 9.17) is 0 Å². The van der Waals surface area contributed by atoms with Gasteiger partial charge in [-0.25, -0.2) is 0 Å². The van der Waals surface area contributed by atoms with Crippen LogP contribution in [-0.2, 0) is 6.42 Å². The monoisotopic (exact) mass is 329 g/mol. The summed E-state index contributed by atoms with van der Waals surface area (Å²) in [7, 11) is 0. The molecule has 0 unspecified atom stereocenters. The maximum absolute atomic E-state index is 12.8. The first-order chi connectivity index (χ1) is 11.2. The number of hydrogen-bond donors (Lipinski definition) is 0. The maximum atomic E-state index is 12.8. The summed E-state index contributed by atoms with van der Waals surface area (Å²) < 4.78 is 0. The van der Waals surface area contributed by atoms with Gasteiger partial charge < -0.3 is 4.90 Å². The Hall–Kier alpha value is -1.72. The van der Waals surface area contributed by atoms with E-state index in [0.29, 0.717) is 6.04 Å². The van der Waals surface area contributed by atoms with Gasteiger partial charge in [0.15, 0.2) is 0 Å². The number of rotatable bonds is 4. The summed E-state index contributed by atoms with van der Waals surface area (Å²) in [6, 6.07) is 4.46. The van der Waals surface area contributed by atoms with Crippen LogP contribution in [0.3, 0.4) is 0 Å². The smallest absolute Gasteiger partial charge is 0.254 e. The van der Waals surface area contributed by atoms with E-state index in [1.807, 2.05) is 17.2 Å². The Balaban J connectivity index is 1.63. The van der Waals surface area contributed by atoms with E-state index in [9.17, 15) is 4.79 Å². The van der Waals surface area contributed by atoms with Crippen molar-refractivity contribution in [3.8, 4) is 0 Å². The Morgan fingerprint density at radius 3 is 2.74 bits per heavy atom. The Morgan fingerprint density at radius 2 is 2.09 bits per heavy atom. The largest absolute Gasteiger partial charge is 0.336 e. The summed E-state index contributed by atoms with van der Waals surface area (Å²) in [5, 5.41) is 4.34. The first-order valence-corrected chi connectivity index (χ1v) is 9.13. The molecule has 0 spiro atoms. The van der Waals surface area contributed by atoms with Crippen molar-refractivity contribution in [3.63, 3.8) is 0 Å². The van der Waals surface area contributed by atoms with Gasteiger partial charge in [-0.05, 0) is 47.4 Å². The van der Waals surface area contributed by atoms with Gasteiger partial charge in [0, 0.05) is 50.2 Å². The van der Waals surface area contributed by atoms with E-state index in [0.717, 1.165) is 43.7 Å².